The quantitative estimate of drug-likeness (QED) is 0.284. The highest BCUT2D eigenvalue weighted by Crippen LogP contribution is 2.21. The van der Waals surface area contributed by atoms with Gasteiger partial charge in [0.1, 0.15) is 0 Å². The van der Waals surface area contributed by atoms with Crippen LogP contribution >= 0.6 is 0 Å². The van der Waals surface area contributed by atoms with Crippen LogP contribution in [0.3, 0.4) is 0 Å². The van der Waals surface area contributed by atoms with Crippen molar-refractivity contribution in [1.82, 2.24) is 5.32 Å². The molecule has 1 aromatic rings. The fourth-order valence-corrected chi connectivity index (χ4v) is 1.38. The number of carbonyl (C=O) groups excluding carboxylic acids is 1. The second-order valence-electron chi connectivity index (χ2n) is 3.77. The molecule has 0 aliphatic rings. The Bertz CT molecular complexity index is 464. The van der Waals surface area contributed by atoms with Crippen molar-refractivity contribution in [1.29, 1.82) is 0 Å². The van der Waals surface area contributed by atoms with E-state index in [9.17, 15) is 14.9 Å². The summed E-state index contributed by atoms with van der Waals surface area (Å²) < 4.78 is 4.79. The molecule has 0 radical (unpaired) electrons. The van der Waals surface area contributed by atoms with E-state index >= 15 is 0 Å². The van der Waals surface area contributed by atoms with Crippen molar-refractivity contribution in [2.75, 3.05) is 37.9 Å². The van der Waals surface area contributed by atoms with Crippen LogP contribution in [-0.2, 0) is 9.53 Å². The Morgan fingerprint density at radius 3 is 2.84 bits per heavy atom. The number of ether oxygens (including phenoxy) is 1. The van der Waals surface area contributed by atoms with E-state index in [-0.39, 0.29) is 23.8 Å². The van der Waals surface area contributed by atoms with Gasteiger partial charge in [0, 0.05) is 37.2 Å². The maximum absolute atomic E-state index is 11.4. The van der Waals surface area contributed by atoms with E-state index in [4.69, 9.17) is 10.5 Å². The number of carbonyl (C=O) groups is 1. The number of amides is 1. The molecule has 8 heteroatoms. The molecule has 0 fully saturated rings. The molecule has 0 saturated heterocycles. The van der Waals surface area contributed by atoms with Gasteiger partial charge in [-0.15, -0.1) is 0 Å². The molecule has 0 unspecified atom stereocenters. The lowest BCUT2D eigenvalue weighted by molar-refractivity contribution is -0.384. The third-order valence-electron chi connectivity index (χ3n) is 2.23. The van der Waals surface area contributed by atoms with E-state index in [0.717, 1.165) is 0 Å². The molecule has 0 saturated carbocycles. The molecule has 0 atom stereocenters. The number of hydrogen-bond donors (Lipinski definition) is 3. The zero-order chi connectivity index (χ0) is 14.3. The number of nitro groups is 1. The lowest BCUT2D eigenvalue weighted by Crippen LogP contribution is -2.32. The third-order valence-corrected chi connectivity index (χ3v) is 2.23. The first-order chi connectivity index (χ1) is 9.02. The van der Waals surface area contributed by atoms with Gasteiger partial charge in [-0.3, -0.25) is 14.9 Å². The van der Waals surface area contributed by atoms with Gasteiger partial charge in [-0.1, -0.05) is 0 Å². The SMILES string of the molecule is COCCNC(=O)CNc1cc(N)cc([N+](=O)[O-])c1. The summed E-state index contributed by atoms with van der Waals surface area (Å²) in [5.74, 6) is -0.234. The number of non-ortho nitro benzene ring substituents is 1. The van der Waals surface area contributed by atoms with Crippen molar-refractivity contribution in [2.45, 2.75) is 0 Å². The summed E-state index contributed by atoms with van der Waals surface area (Å²) in [6, 6.07) is 4.10. The first-order valence-electron chi connectivity index (χ1n) is 5.57. The lowest BCUT2D eigenvalue weighted by atomic mass is 10.2. The fourth-order valence-electron chi connectivity index (χ4n) is 1.38. The topological polar surface area (TPSA) is 120 Å². The zero-order valence-corrected chi connectivity index (χ0v) is 10.5. The molecule has 104 valence electrons. The number of nitrogen functional groups attached to an aromatic ring is 1. The van der Waals surface area contributed by atoms with Gasteiger partial charge in [-0.05, 0) is 6.07 Å². The highest BCUT2D eigenvalue weighted by Gasteiger charge is 2.09. The van der Waals surface area contributed by atoms with Crippen LogP contribution in [0.4, 0.5) is 17.1 Å². The average molecular weight is 268 g/mol. The fraction of sp³-hybridized carbons (Fsp3) is 0.364. The molecule has 0 aliphatic heterocycles. The van der Waals surface area contributed by atoms with Gasteiger partial charge in [0.15, 0.2) is 0 Å². The maximum Gasteiger partial charge on any atom is 0.273 e. The molecule has 4 N–H and O–H groups in total. The number of methoxy groups -OCH3 is 1. The van der Waals surface area contributed by atoms with Gasteiger partial charge in [-0.25, -0.2) is 0 Å². The molecular formula is C11H16N4O4. The molecule has 1 aromatic carbocycles. The molecule has 19 heavy (non-hydrogen) atoms. The molecule has 1 rings (SSSR count). The van der Waals surface area contributed by atoms with Gasteiger partial charge < -0.3 is 21.1 Å². The number of anilines is 2. The van der Waals surface area contributed by atoms with Gasteiger partial charge in [-0.2, -0.15) is 0 Å². The van der Waals surface area contributed by atoms with Crippen molar-refractivity contribution < 1.29 is 14.5 Å². The Morgan fingerprint density at radius 2 is 2.21 bits per heavy atom. The standard InChI is InChI=1S/C11H16N4O4/c1-19-3-2-13-11(16)7-14-9-4-8(12)5-10(6-9)15(17)18/h4-6,14H,2-3,7,12H2,1H3,(H,13,16). The van der Waals surface area contributed by atoms with E-state index in [0.29, 0.717) is 18.8 Å². The number of hydrogen-bond acceptors (Lipinski definition) is 6. The number of nitrogens with one attached hydrogen (secondary N) is 2. The van der Waals surface area contributed by atoms with Crippen LogP contribution in [0.2, 0.25) is 0 Å². The summed E-state index contributed by atoms with van der Waals surface area (Å²) in [6.45, 7) is 0.841. The predicted octanol–water partition coefficient (Wildman–Crippen LogP) is 0.352. The number of benzene rings is 1. The molecule has 0 aromatic heterocycles. The summed E-state index contributed by atoms with van der Waals surface area (Å²) in [7, 11) is 1.54. The van der Waals surface area contributed by atoms with Crippen LogP contribution in [0.5, 0.6) is 0 Å². The van der Waals surface area contributed by atoms with E-state index in [1.165, 1.54) is 25.3 Å². The Hall–Kier alpha value is -2.35. The third kappa shape index (κ3) is 5.21. The summed E-state index contributed by atoms with van der Waals surface area (Å²) in [5, 5.41) is 16.0. The average Bonchev–Trinajstić information content (AvgIpc) is 2.36. The van der Waals surface area contributed by atoms with Gasteiger partial charge in [0.25, 0.3) is 5.69 Å². The minimum Gasteiger partial charge on any atom is -0.398 e. The minimum atomic E-state index is -0.541. The molecule has 8 nitrogen and oxygen atoms in total. The first-order valence-corrected chi connectivity index (χ1v) is 5.57. The Morgan fingerprint density at radius 1 is 1.47 bits per heavy atom. The van der Waals surface area contributed by atoms with Crippen molar-refractivity contribution in [3.05, 3.63) is 28.3 Å². The number of rotatable bonds is 7. The Kier molecular flexibility index (Phi) is 5.55. The predicted molar refractivity (Wildman–Crippen MR) is 70.9 cm³/mol. The molecular weight excluding hydrogens is 252 g/mol. The highest BCUT2D eigenvalue weighted by molar-refractivity contribution is 5.81. The molecule has 1 amide bonds. The lowest BCUT2D eigenvalue weighted by Gasteiger charge is -2.08. The monoisotopic (exact) mass is 268 g/mol. The Balaban J connectivity index is 2.53. The second-order valence-corrected chi connectivity index (χ2v) is 3.77. The van der Waals surface area contributed by atoms with E-state index in [2.05, 4.69) is 10.6 Å². The molecule has 0 aliphatic carbocycles. The van der Waals surface area contributed by atoms with Crippen LogP contribution < -0.4 is 16.4 Å². The van der Waals surface area contributed by atoms with E-state index in [1.807, 2.05) is 0 Å². The van der Waals surface area contributed by atoms with E-state index < -0.39 is 4.92 Å². The zero-order valence-electron chi connectivity index (χ0n) is 10.5. The summed E-state index contributed by atoms with van der Waals surface area (Å²) in [6.07, 6.45) is 0. The van der Waals surface area contributed by atoms with Crippen LogP contribution in [0.1, 0.15) is 0 Å². The van der Waals surface area contributed by atoms with Gasteiger partial charge in [0.05, 0.1) is 18.1 Å². The smallest absolute Gasteiger partial charge is 0.273 e. The van der Waals surface area contributed by atoms with Crippen molar-refractivity contribution in [3.63, 3.8) is 0 Å². The minimum absolute atomic E-state index is 0.00429. The largest absolute Gasteiger partial charge is 0.398 e. The van der Waals surface area contributed by atoms with Crippen LogP contribution in [0, 0.1) is 10.1 Å². The maximum atomic E-state index is 11.4. The molecule has 0 spiro atoms. The van der Waals surface area contributed by atoms with Crippen LogP contribution in [0.15, 0.2) is 18.2 Å². The first kappa shape index (κ1) is 14.7. The summed E-state index contributed by atoms with van der Waals surface area (Å²) in [5.41, 5.74) is 6.10. The normalized spacial score (nSPS) is 9.95. The van der Waals surface area contributed by atoms with Crippen molar-refractivity contribution in [2.24, 2.45) is 0 Å². The highest BCUT2D eigenvalue weighted by atomic mass is 16.6. The van der Waals surface area contributed by atoms with Crippen molar-refractivity contribution >= 4 is 23.0 Å². The number of nitrogens with two attached hydrogens (primary N) is 1. The van der Waals surface area contributed by atoms with Gasteiger partial charge >= 0.3 is 0 Å². The molecule has 0 heterocycles. The van der Waals surface area contributed by atoms with E-state index in [1.54, 1.807) is 0 Å². The summed E-state index contributed by atoms with van der Waals surface area (Å²) >= 11 is 0. The molecule has 0 bridgehead atoms. The number of nitro benzene ring substituents is 1. The summed E-state index contributed by atoms with van der Waals surface area (Å²) in [4.78, 5) is 21.5. The van der Waals surface area contributed by atoms with Crippen LogP contribution in [-0.4, -0.2) is 37.6 Å². The second kappa shape index (κ2) is 7.17. The van der Waals surface area contributed by atoms with Crippen molar-refractivity contribution in [3.8, 4) is 0 Å². The number of nitrogens with zero attached hydrogens (tertiary/aromatic N) is 1. The van der Waals surface area contributed by atoms with Gasteiger partial charge in [0.2, 0.25) is 5.91 Å². The van der Waals surface area contributed by atoms with Crippen LogP contribution in [0.25, 0.3) is 0 Å². The Labute approximate surface area is 110 Å².